The summed E-state index contributed by atoms with van der Waals surface area (Å²) in [5, 5.41) is 11.0. The van der Waals surface area contributed by atoms with Crippen molar-refractivity contribution in [1.29, 1.82) is 0 Å². The van der Waals surface area contributed by atoms with Crippen LogP contribution in [0.25, 0.3) is 22.2 Å². The number of nitrogens with zero attached hydrogens (tertiary/aromatic N) is 1. The summed E-state index contributed by atoms with van der Waals surface area (Å²) in [5.41, 5.74) is 4.09. The zero-order valence-electron chi connectivity index (χ0n) is 15.4. The topological polar surface area (TPSA) is 95.1 Å². The molecule has 2 fully saturated rings. The molecule has 2 heterocycles. The molecular formula is C21H23N3O3S. The van der Waals surface area contributed by atoms with Gasteiger partial charge >= 0.3 is 0 Å². The number of rotatable bonds is 5. The average molecular weight is 398 g/mol. The van der Waals surface area contributed by atoms with E-state index in [1.165, 1.54) is 18.5 Å². The molecule has 2 atom stereocenters. The van der Waals surface area contributed by atoms with Crippen LogP contribution in [0.4, 0.5) is 0 Å². The first-order chi connectivity index (χ1) is 13.5. The van der Waals surface area contributed by atoms with Crippen molar-refractivity contribution in [1.82, 2.24) is 14.7 Å². The Morgan fingerprint density at radius 1 is 1.07 bits per heavy atom. The van der Waals surface area contributed by atoms with Crippen LogP contribution in [-0.4, -0.2) is 35.6 Å². The number of benzene rings is 1. The van der Waals surface area contributed by atoms with E-state index in [0.717, 1.165) is 28.6 Å². The van der Waals surface area contributed by atoms with Gasteiger partial charge in [-0.15, -0.1) is 0 Å². The van der Waals surface area contributed by atoms with E-state index >= 15 is 0 Å². The standard InChI is InChI=1S/C21H23N3O3S/c25-20-3-1-2-18(20)24-28(26,27)15-8-6-13(7-9-15)16-10-11-22-21-17(16)12-19(23-21)14-4-5-14/h6-12,14,18,20,24-25H,1-5H2,(H,22,23)/t18?,20-/m0/s1. The largest absolute Gasteiger partial charge is 0.391 e. The van der Waals surface area contributed by atoms with Crippen LogP contribution in [0, 0.1) is 0 Å². The molecule has 5 rings (SSSR count). The van der Waals surface area contributed by atoms with Gasteiger partial charge in [0.15, 0.2) is 0 Å². The first-order valence-corrected chi connectivity index (χ1v) is 11.3. The highest BCUT2D eigenvalue weighted by molar-refractivity contribution is 7.89. The molecule has 0 saturated heterocycles. The van der Waals surface area contributed by atoms with E-state index in [1.54, 1.807) is 18.3 Å². The van der Waals surface area contributed by atoms with Crippen molar-refractivity contribution < 1.29 is 13.5 Å². The maximum Gasteiger partial charge on any atom is 0.240 e. The molecule has 6 nitrogen and oxygen atoms in total. The Morgan fingerprint density at radius 3 is 2.54 bits per heavy atom. The summed E-state index contributed by atoms with van der Waals surface area (Å²) in [6.45, 7) is 0. The molecule has 0 amide bonds. The zero-order chi connectivity index (χ0) is 19.3. The second-order valence-corrected chi connectivity index (χ2v) is 9.58. The predicted octanol–water partition coefficient (Wildman–Crippen LogP) is 3.30. The van der Waals surface area contributed by atoms with Crippen LogP contribution in [-0.2, 0) is 10.0 Å². The summed E-state index contributed by atoms with van der Waals surface area (Å²) in [6, 6.07) is 10.6. The highest BCUT2D eigenvalue weighted by atomic mass is 32.2. The highest BCUT2D eigenvalue weighted by Gasteiger charge is 2.30. The van der Waals surface area contributed by atoms with E-state index in [-0.39, 0.29) is 4.90 Å². The number of fused-ring (bicyclic) bond motifs is 1. The molecule has 0 spiro atoms. The van der Waals surface area contributed by atoms with Crippen LogP contribution in [0.2, 0.25) is 0 Å². The first-order valence-electron chi connectivity index (χ1n) is 9.80. The molecule has 2 aliphatic carbocycles. The molecule has 28 heavy (non-hydrogen) atoms. The van der Waals surface area contributed by atoms with Crippen LogP contribution in [0.15, 0.2) is 47.5 Å². The molecular weight excluding hydrogens is 374 g/mol. The maximum atomic E-state index is 12.6. The second-order valence-electron chi connectivity index (χ2n) is 7.87. The Balaban J connectivity index is 1.44. The van der Waals surface area contributed by atoms with Crippen molar-refractivity contribution in [2.75, 3.05) is 0 Å². The van der Waals surface area contributed by atoms with Crippen molar-refractivity contribution in [3.63, 3.8) is 0 Å². The summed E-state index contributed by atoms with van der Waals surface area (Å²) in [7, 11) is -3.65. The number of H-pyrrole nitrogens is 1. The molecule has 2 aliphatic rings. The summed E-state index contributed by atoms with van der Waals surface area (Å²) in [5.74, 6) is 0.617. The summed E-state index contributed by atoms with van der Waals surface area (Å²) >= 11 is 0. The van der Waals surface area contributed by atoms with Crippen LogP contribution >= 0.6 is 0 Å². The number of aliphatic hydroxyl groups excluding tert-OH is 1. The summed E-state index contributed by atoms with van der Waals surface area (Å²) in [4.78, 5) is 8.06. The van der Waals surface area contributed by atoms with Gasteiger partial charge in [-0.3, -0.25) is 0 Å². The minimum absolute atomic E-state index is 0.216. The second kappa shape index (κ2) is 6.69. The third-order valence-electron chi connectivity index (χ3n) is 5.83. The van der Waals surface area contributed by atoms with Gasteiger partial charge in [0.1, 0.15) is 5.65 Å². The number of aromatic amines is 1. The highest BCUT2D eigenvalue weighted by Crippen LogP contribution is 2.41. The minimum atomic E-state index is -3.65. The fourth-order valence-corrected chi connectivity index (χ4v) is 5.38. The Morgan fingerprint density at radius 2 is 1.86 bits per heavy atom. The van der Waals surface area contributed by atoms with Crippen molar-refractivity contribution in [2.24, 2.45) is 0 Å². The van der Waals surface area contributed by atoms with E-state index < -0.39 is 22.2 Å². The lowest BCUT2D eigenvalue weighted by Gasteiger charge is -2.16. The number of hydrogen-bond donors (Lipinski definition) is 3. The number of aliphatic hydroxyl groups is 1. The molecule has 2 saturated carbocycles. The van der Waals surface area contributed by atoms with Crippen molar-refractivity contribution in [3.05, 3.63) is 48.3 Å². The fraction of sp³-hybridized carbons (Fsp3) is 0.381. The third kappa shape index (κ3) is 3.23. The number of nitrogens with one attached hydrogen (secondary N) is 2. The quantitative estimate of drug-likeness (QED) is 0.616. The monoisotopic (exact) mass is 397 g/mol. The summed E-state index contributed by atoms with van der Waals surface area (Å²) < 4.78 is 27.9. The molecule has 3 N–H and O–H groups in total. The minimum Gasteiger partial charge on any atom is -0.391 e. The Labute approximate surface area is 164 Å². The smallest absolute Gasteiger partial charge is 0.240 e. The van der Waals surface area contributed by atoms with Crippen LogP contribution < -0.4 is 4.72 Å². The van der Waals surface area contributed by atoms with Gasteiger partial charge in [-0.05, 0) is 73.4 Å². The first kappa shape index (κ1) is 17.8. The number of pyridine rings is 1. The van der Waals surface area contributed by atoms with Gasteiger partial charge in [-0.25, -0.2) is 18.1 Å². The Bertz CT molecular complexity index is 1120. The predicted molar refractivity (Wildman–Crippen MR) is 107 cm³/mol. The van der Waals surface area contributed by atoms with E-state index in [0.29, 0.717) is 18.8 Å². The molecule has 146 valence electrons. The molecule has 1 aromatic carbocycles. The lowest BCUT2D eigenvalue weighted by Crippen LogP contribution is -2.39. The van der Waals surface area contributed by atoms with Gasteiger partial charge in [-0.1, -0.05) is 12.1 Å². The van der Waals surface area contributed by atoms with E-state index in [4.69, 9.17) is 0 Å². The molecule has 7 heteroatoms. The number of aromatic nitrogens is 2. The lowest BCUT2D eigenvalue weighted by atomic mass is 10.0. The normalized spacial score (nSPS) is 22.8. The molecule has 1 unspecified atom stereocenters. The average Bonchev–Trinajstić information content (AvgIpc) is 3.33. The molecule has 2 aromatic heterocycles. The lowest BCUT2D eigenvalue weighted by molar-refractivity contribution is 0.159. The Hall–Kier alpha value is -2.22. The SMILES string of the molecule is O=S(=O)(NC1CCC[C@@H]1O)c1ccc(-c2ccnc3[nH]c(C4CC4)cc23)cc1. The van der Waals surface area contributed by atoms with Gasteiger partial charge in [-0.2, -0.15) is 0 Å². The van der Waals surface area contributed by atoms with Gasteiger partial charge in [0.05, 0.1) is 11.0 Å². The van der Waals surface area contributed by atoms with Crippen LogP contribution in [0.5, 0.6) is 0 Å². The van der Waals surface area contributed by atoms with E-state index in [9.17, 15) is 13.5 Å². The van der Waals surface area contributed by atoms with Gasteiger partial charge < -0.3 is 10.1 Å². The molecule has 0 radical (unpaired) electrons. The van der Waals surface area contributed by atoms with Crippen molar-refractivity contribution >= 4 is 21.1 Å². The fourth-order valence-electron chi connectivity index (χ4n) is 4.07. The van der Waals surface area contributed by atoms with E-state index in [1.807, 2.05) is 18.2 Å². The van der Waals surface area contributed by atoms with Crippen molar-refractivity contribution in [2.45, 2.75) is 55.1 Å². The van der Waals surface area contributed by atoms with Crippen molar-refractivity contribution in [3.8, 4) is 11.1 Å². The van der Waals surface area contributed by atoms with Crippen LogP contribution in [0.3, 0.4) is 0 Å². The maximum absolute atomic E-state index is 12.6. The Kier molecular flexibility index (Phi) is 4.26. The molecule has 3 aromatic rings. The van der Waals surface area contributed by atoms with Gasteiger partial charge in [0.2, 0.25) is 10.0 Å². The zero-order valence-corrected chi connectivity index (χ0v) is 16.2. The van der Waals surface area contributed by atoms with Gasteiger partial charge in [0.25, 0.3) is 0 Å². The number of hydrogen-bond acceptors (Lipinski definition) is 4. The number of sulfonamides is 1. The molecule has 0 aliphatic heterocycles. The third-order valence-corrected chi connectivity index (χ3v) is 7.34. The van der Waals surface area contributed by atoms with Gasteiger partial charge in [0, 0.05) is 23.3 Å². The molecule has 0 bridgehead atoms. The van der Waals surface area contributed by atoms with Crippen LogP contribution in [0.1, 0.15) is 43.7 Å². The summed E-state index contributed by atoms with van der Waals surface area (Å²) in [6.07, 6.45) is 5.76. The van der Waals surface area contributed by atoms with E-state index in [2.05, 4.69) is 20.8 Å².